The number of nitrogens with one attached hydrogen (secondary N) is 1. The van der Waals surface area contributed by atoms with Crippen LogP contribution < -0.4 is 11.1 Å². The predicted octanol–water partition coefficient (Wildman–Crippen LogP) is 1.71. The molecule has 0 aliphatic rings. The Morgan fingerprint density at radius 1 is 1.41 bits per heavy atom. The summed E-state index contributed by atoms with van der Waals surface area (Å²) in [7, 11) is 0. The third-order valence-corrected chi connectivity index (χ3v) is 4.83. The molecule has 0 saturated heterocycles. The predicted molar refractivity (Wildman–Crippen MR) is 96.0 cm³/mol. The van der Waals surface area contributed by atoms with E-state index in [2.05, 4.69) is 10.4 Å². The Morgan fingerprint density at radius 3 is 2.59 bits per heavy atom. The number of amides is 2. The van der Waals surface area contributed by atoms with Crippen LogP contribution in [0, 0.1) is 17.0 Å². The molecule has 2 aromatic rings. The molecule has 0 spiro atoms. The van der Waals surface area contributed by atoms with Crippen LogP contribution >= 0.6 is 11.3 Å². The number of aryl methyl sites for hydroxylation is 1. The molecule has 0 saturated carbocycles. The lowest BCUT2D eigenvalue weighted by Crippen LogP contribution is -2.20. The van der Waals surface area contributed by atoms with Gasteiger partial charge in [0, 0.05) is 6.54 Å². The van der Waals surface area contributed by atoms with E-state index in [1.807, 2.05) is 0 Å². The molecule has 144 valence electrons. The van der Waals surface area contributed by atoms with Gasteiger partial charge < -0.3 is 15.8 Å². The highest BCUT2D eigenvalue weighted by Gasteiger charge is 2.30. The fourth-order valence-electron chi connectivity index (χ4n) is 2.43. The van der Waals surface area contributed by atoms with Crippen LogP contribution in [-0.4, -0.2) is 39.1 Å². The fraction of sp³-hybridized carbons (Fsp3) is 0.333. The molecule has 2 heterocycles. The van der Waals surface area contributed by atoms with Gasteiger partial charge in [0.15, 0.2) is 0 Å². The standard InChI is InChI=1S/C15H17N5O6S/c1-4-19-10(8(6-17-19)20(24)25)13(22)18-14-9(15(23)26-5-2)7(3)11(27-14)12(16)21/h6H,4-5H2,1-3H3,(H2,16,21)(H,18,22). The van der Waals surface area contributed by atoms with Gasteiger partial charge in [-0.05, 0) is 26.3 Å². The van der Waals surface area contributed by atoms with Crippen LogP contribution in [0.3, 0.4) is 0 Å². The molecule has 3 N–H and O–H groups in total. The number of rotatable bonds is 7. The van der Waals surface area contributed by atoms with Crippen LogP contribution in [0.2, 0.25) is 0 Å². The second kappa shape index (κ2) is 7.95. The van der Waals surface area contributed by atoms with Gasteiger partial charge in [0.2, 0.25) is 5.69 Å². The molecule has 2 aromatic heterocycles. The van der Waals surface area contributed by atoms with Crippen LogP contribution in [-0.2, 0) is 11.3 Å². The maximum atomic E-state index is 12.7. The van der Waals surface area contributed by atoms with Crippen molar-refractivity contribution in [2.24, 2.45) is 5.73 Å². The van der Waals surface area contributed by atoms with E-state index in [-0.39, 0.29) is 39.9 Å². The number of primary amides is 1. The van der Waals surface area contributed by atoms with Crippen molar-refractivity contribution in [2.75, 3.05) is 11.9 Å². The minimum absolute atomic E-state index is 0.0166. The van der Waals surface area contributed by atoms with E-state index >= 15 is 0 Å². The zero-order valence-electron chi connectivity index (χ0n) is 14.8. The number of hydrogen-bond acceptors (Lipinski definition) is 8. The van der Waals surface area contributed by atoms with Crippen molar-refractivity contribution in [1.29, 1.82) is 0 Å². The van der Waals surface area contributed by atoms with Crippen molar-refractivity contribution in [2.45, 2.75) is 27.3 Å². The molecule has 0 aliphatic heterocycles. The number of carbonyl (C=O) groups is 3. The highest BCUT2D eigenvalue weighted by Crippen LogP contribution is 2.34. The normalized spacial score (nSPS) is 10.5. The summed E-state index contributed by atoms with van der Waals surface area (Å²) in [6.45, 7) is 5.07. The first-order valence-corrected chi connectivity index (χ1v) is 8.66. The minimum atomic E-state index is -0.844. The quantitative estimate of drug-likeness (QED) is 0.410. The first-order valence-electron chi connectivity index (χ1n) is 7.84. The average Bonchev–Trinajstić information content (AvgIpc) is 3.16. The van der Waals surface area contributed by atoms with Gasteiger partial charge >= 0.3 is 11.7 Å². The van der Waals surface area contributed by atoms with E-state index in [4.69, 9.17) is 10.5 Å². The molecule has 0 bridgehead atoms. The average molecular weight is 395 g/mol. The largest absolute Gasteiger partial charge is 0.462 e. The van der Waals surface area contributed by atoms with E-state index in [0.717, 1.165) is 22.2 Å². The maximum Gasteiger partial charge on any atom is 0.341 e. The molecular weight excluding hydrogens is 378 g/mol. The number of nitro groups is 1. The lowest BCUT2D eigenvalue weighted by atomic mass is 10.1. The summed E-state index contributed by atoms with van der Waals surface area (Å²) in [5, 5.41) is 17.4. The molecule has 0 aromatic carbocycles. The van der Waals surface area contributed by atoms with E-state index in [9.17, 15) is 24.5 Å². The molecule has 27 heavy (non-hydrogen) atoms. The van der Waals surface area contributed by atoms with Crippen LogP contribution in [0.1, 0.15) is 49.9 Å². The first-order chi connectivity index (χ1) is 12.7. The SMILES string of the molecule is CCOC(=O)c1c(NC(=O)c2c([N+](=O)[O-])cnn2CC)sc(C(N)=O)c1C. The minimum Gasteiger partial charge on any atom is -0.462 e. The van der Waals surface area contributed by atoms with Crippen LogP contribution in [0.15, 0.2) is 6.20 Å². The molecule has 2 rings (SSSR count). The van der Waals surface area contributed by atoms with E-state index in [1.54, 1.807) is 13.8 Å². The van der Waals surface area contributed by atoms with Crippen molar-refractivity contribution >= 4 is 39.8 Å². The zero-order chi connectivity index (χ0) is 20.3. The zero-order valence-corrected chi connectivity index (χ0v) is 15.6. The molecule has 12 heteroatoms. The summed E-state index contributed by atoms with van der Waals surface area (Å²) in [5.41, 5.74) is 4.80. The lowest BCUT2D eigenvalue weighted by molar-refractivity contribution is -0.385. The van der Waals surface area contributed by atoms with E-state index < -0.39 is 28.4 Å². The maximum absolute atomic E-state index is 12.7. The number of ether oxygens (including phenoxy) is 1. The lowest BCUT2D eigenvalue weighted by Gasteiger charge is -2.08. The van der Waals surface area contributed by atoms with Crippen molar-refractivity contribution in [1.82, 2.24) is 9.78 Å². The van der Waals surface area contributed by atoms with Gasteiger partial charge in [-0.3, -0.25) is 24.4 Å². The Labute approximate surface area is 157 Å². The molecule has 2 amide bonds. The highest BCUT2D eigenvalue weighted by atomic mass is 32.1. The molecule has 0 unspecified atom stereocenters. The van der Waals surface area contributed by atoms with Gasteiger partial charge in [0.1, 0.15) is 11.2 Å². The number of aromatic nitrogens is 2. The molecular formula is C15H17N5O6S. The first kappa shape index (κ1) is 20.0. The number of anilines is 1. The van der Waals surface area contributed by atoms with Crippen molar-refractivity contribution in [3.05, 3.63) is 38.0 Å². The van der Waals surface area contributed by atoms with Gasteiger partial charge in [-0.25, -0.2) is 4.79 Å². The Kier molecular flexibility index (Phi) is 5.90. The third kappa shape index (κ3) is 3.79. The summed E-state index contributed by atoms with van der Waals surface area (Å²) < 4.78 is 6.12. The van der Waals surface area contributed by atoms with E-state index in [0.29, 0.717) is 0 Å². The molecule has 11 nitrogen and oxygen atoms in total. The smallest absolute Gasteiger partial charge is 0.341 e. The summed E-state index contributed by atoms with van der Waals surface area (Å²) in [6.07, 6.45) is 0.971. The van der Waals surface area contributed by atoms with Crippen LogP contribution in [0.25, 0.3) is 0 Å². The molecule has 0 radical (unpaired) electrons. The summed E-state index contributed by atoms with van der Waals surface area (Å²) in [4.78, 5) is 47.0. The Hall–Kier alpha value is -3.28. The number of hydrogen-bond donors (Lipinski definition) is 2. The number of carbonyl (C=O) groups excluding carboxylic acids is 3. The van der Waals surface area contributed by atoms with E-state index in [1.165, 1.54) is 6.92 Å². The highest BCUT2D eigenvalue weighted by molar-refractivity contribution is 7.18. The molecule has 0 atom stereocenters. The number of nitrogens with two attached hydrogens (primary N) is 1. The van der Waals surface area contributed by atoms with Gasteiger partial charge in [0.25, 0.3) is 11.8 Å². The number of esters is 1. The summed E-state index contributed by atoms with van der Waals surface area (Å²) in [5.74, 6) is -2.36. The fourth-order valence-corrected chi connectivity index (χ4v) is 3.47. The number of nitrogens with zero attached hydrogens (tertiary/aromatic N) is 3. The topological polar surface area (TPSA) is 159 Å². The van der Waals surface area contributed by atoms with Gasteiger partial charge in [-0.1, -0.05) is 0 Å². The van der Waals surface area contributed by atoms with Crippen LogP contribution in [0.5, 0.6) is 0 Å². The van der Waals surface area contributed by atoms with Crippen molar-refractivity contribution in [3.63, 3.8) is 0 Å². The summed E-state index contributed by atoms with van der Waals surface area (Å²) >= 11 is 0.795. The molecule has 0 fully saturated rings. The second-order valence-corrected chi connectivity index (χ2v) is 6.27. The van der Waals surface area contributed by atoms with Crippen molar-refractivity contribution in [3.8, 4) is 0 Å². The Morgan fingerprint density at radius 2 is 2.07 bits per heavy atom. The summed E-state index contributed by atoms with van der Waals surface area (Å²) in [6, 6.07) is 0. The van der Waals surface area contributed by atoms with Gasteiger partial charge in [-0.15, -0.1) is 11.3 Å². The van der Waals surface area contributed by atoms with Crippen molar-refractivity contribution < 1.29 is 24.0 Å². The van der Waals surface area contributed by atoms with Gasteiger partial charge in [0.05, 0.1) is 22.0 Å². The Balaban J connectivity index is 2.51. The molecule has 0 aliphatic carbocycles. The third-order valence-electron chi connectivity index (χ3n) is 3.61. The number of thiophene rings is 1. The van der Waals surface area contributed by atoms with Gasteiger partial charge in [-0.2, -0.15) is 5.10 Å². The Bertz CT molecular complexity index is 932. The second-order valence-electron chi connectivity index (χ2n) is 5.25. The monoisotopic (exact) mass is 395 g/mol. The van der Waals surface area contributed by atoms with Crippen LogP contribution in [0.4, 0.5) is 10.7 Å².